The molecule has 1 unspecified atom stereocenters. The van der Waals surface area contributed by atoms with Crippen molar-refractivity contribution in [2.45, 2.75) is 13.0 Å². The van der Waals surface area contributed by atoms with Crippen molar-refractivity contribution in [3.8, 4) is 11.5 Å². The van der Waals surface area contributed by atoms with Crippen LogP contribution in [0.4, 0.5) is 16.2 Å². The number of amides is 2. The Hall–Kier alpha value is -3.30. The number of aliphatic hydroxyl groups is 1. The Kier molecular flexibility index (Phi) is 9.43. The summed E-state index contributed by atoms with van der Waals surface area (Å²) in [6, 6.07) is 13.8. The maximum Gasteiger partial charge on any atom is 0.411 e. The zero-order valence-corrected chi connectivity index (χ0v) is 17.0. The molecule has 0 radical (unpaired) electrons. The second kappa shape index (κ2) is 12.3. The van der Waals surface area contributed by atoms with Gasteiger partial charge in [-0.2, -0.15) is 0 Å². The number of carbonyl (C=O) groups is 2. The largest absolute Gasteiger partial charge is 0.492 e. The minimum absolute atomic E-state index is 0.122. The molecule has 2 rings (SSSR count). The molecule has 2 amide bonds. The molecule has 0 saturated heterocycles. The van der Waals surface area contributed by atoms with Crippen LogP contribution in [0.2, 0.25) is 0 Å². The number of hydrogen-bond acceptors (Lipinski definition) is 7. The van der Waals surface area contributed by atoms with E-state index in [0.29, 0.717) is 42.6 Å². The van der Waals surface area contributed by atoms with E-state index in [1.807, 2.05) is 0 Å². The predicted octanol–water partition coefficient (Wildman–Crippen LogP) is 2.23. The number of aliphatic hydroxyl groups excluding tert-OH is 1. The first kappa shape index (κ1) is 23.0. The molecule has 9 heteroatoms. The molecule has 2 aromatic carbocycles. The number of carbonyl (C=O) groups excluding carboxylic acids is 2. The molecule has 2 aromatic rings. The lowest BCUT2D eigenvalue weighted by Gasteiger charge is -2.14. The molecule has 0 aliphatic carbocycles. The van der Waals surface area contributed by atoms with Crippen LogP contribution < -0.4 is 25.4 Å². The van der Waals surface area contributed by atoms with Crippen LogP contribution in [-0.4, -0.2) is 56.6 Å². The van der Waals surface area contributed by atoms with Crippen LogP contribution in [0.5, 0.6) is 11.5 Å². The van der Waals surface area contributed by atoms with E-state index in [4.69, 9.17) is 9.47 Å². The van der Waals surface area contributed by atoms with Crippen LogP contribution in [0.3, 0.4) is 0 Å². The van der Waals surface area contributed by atoms with Gasteiger partial charge in [0.1, 0.15) is 30.8 Å². The number of methoxy groups -OCH3 is 1. The van der Waals surface area contributed by atoms with Gasteiger partial charge in [-0.15, -0.1) is 0 Å². The molecule has 0 spiro atoms. The molecule has 0 fully saturated rings. The van der Waals surface area contributed by atoms with E-state index >= 15 is 0 Å². The van der Waals surface area contributed by atoms with Crippen LogP contribution in [-0.2, 0) is 9.53 Å². The number of rotatable bonds is 11. The Morgan fingerprint density at radius 3 is 2.07 bits per heavy atom. The summed E-state index contributed by atoms with van der Waals surface area (Å²) in [6.45, 7) is 2.92. The van der Waals surface area contributed by atoms with E-state index in [9.17, 15) is 14.7 Å². The molecule has 0 bridgehead atoms. The highest BCUT2D eigenvalue weighted by Gasteiger charge is 2.06. The second-order valence-electron chi connectivity index (χ2n) is 6.36. The fourth-order valence-electron chi connectivity index (χ4n) is 2.40. The summed E-state index contributed by atoms with van der Waals surface area (Å²) in [7, 11) is 1.29. The van der Waals surface area contributed by atoms with Gasteiger partial charge in [0.15, 0.2) is 0 Å². The van der Waals surface area contributed by atoms with Crippen LogP contribution >= 0.6 is 0 Å². The number of benzene rings is 2. The van der Waals surface area contributed by atoms with E-state index in [-0.39, 0.29) is 12.5 Å². The predicted molar refractivity (Wildman–Crippen MR) is 113 cm³/mol. The van der Waals surface area contributed by atoms with Crippen molar-refractivity contribution >= 4 is 23.4 Å². The van der Waals surface area contributed by atoms with Crippen molar-refractivity contribution in [1.29, 1.82) is 0 Å². The topological polar surface area (TPSA) is 118 Å². The molecule has 162 valence electrons. The maximum atomic E-state index is 11.1. The van der Waals surface area contributed by atoms with Gasteiger partial charge in [-0.25, -0.2) is 4.79 Å². The van der Waals surface area contributed by atoms with E-state index in [2.05, 4.69) is 20.7 Å². The zero-order valence-electron chi connectivity index (χ0n) is 17.0. The van der Waals surface area contributed by atoms with Gasteiger partial charge in [0.25, 0.3) is 0 Å². The van der Waals surface area contributed by atoms with E-state index in [1.165, 1.54) is 14.0 Å². The van der Waals surface area contributed by atoms with E-state index < -0.39 is 12.2 Å². The quantitative estimate of drug-likeness (QED) is 0.414. The van der Waals surface area contributed by atoms with Gasteiger partial charge in [-0.05, 0) is 48.5 Å². The summed E-state index contributed by atoms with van der Waals surface area (Å²) >= 11 is 0. The van der Waals surface area contributed by atoms with Crippen molar-refractivity contribution in [2.24, 2.45) is 0 Å². The highest BCUT2D eigenvalue weighted by Crippen LogP contribution is 2.16. The summed E-state index contributed by atoms with van der Waals surface area (Å²) in [5, 5.41) is 18.3. The summed E-state index contributed by atoms with van der Waals surface area (Å²) in [6.07, 6.45) is -1.23. The highest BCUT2D eigenvalue weighted by atomic mass is 16.5. The van der Waals surface area contributed by atoms with E-state index in [1.54, 1.807) is 48.5 Å². The standard InChI is InChI=1S/C21H27N3O6/c1-15(25)23-16-3-7-19(8-4-16)29-12-11-22-13-18(26)14-30-20-9-5-17(6-10-20)24-21(27)28-2/h3-10,18,22,26H,11-14H2,1-2H3,(H,23,25)(H,24,27). The van der Waals surface area contributed by atoms with Crippen LogP contribution in [0.15, 0.2) is 48.5 Å². The Morgan fingerprint density at radius 1 is 0.933 bits per heavy atom. The number of nitrogens with one attached hydrogen (secondary N) is 3. The summed E-state index contributed by atoms with van der Waals surface area (Å²) in [4.78, 5) is 22.1. The number of ether oxygens (including phenoxy) is 3. The lowest BCUT2D eigenvalue weighted by atomic mass is 10.3. The fraction of sp³-hybridized carbons (Fsp3) is 0.333. The molecule has 0 aliphatic heterocycles. The second-order valence-corrected chi connectivity index (χ2v) is 6.36. The van der Waals surface area contributed by atoms with E-state index in [0.717, 1.165) is 0 Å². The Balaban J connectivity index is 1.58. The lowest BCUT2D eigenvalue weighted by Crippen LogP contribution is -2.33. The van der Waals surface area contributed by atoms with Gasteiger partial charge in [0, 0.05) is 31.4 Å². The first-order valence-electron chi connectivity index (χ1n) is 9.43. The van der Waals surface area contributed by atoms with Crippen molar-refractivity contribution in [3.05, 3.63) is 48.5 Å². The third-order valence-corrected chi connectivity index (χ3v) is 3.83. The number of hydrogen-bond donors (Lipinski definition) is 4. The minimum atomic E-state index is -0.685. The molecule has 4 N–H and O–H groups in total. The first-order chi connectivity index (χ1) is 14.5. The smallest absolute Gasteiger partial charge is 0.411 e. The number of anilines is 2. The maximum absolute atomic E-state index is 11.1. The van der Waals surface area contributed by atoms with Crippen molar-refractivity contribution in [3.63, 3.8) is 0 Å². The van der Waals surface area contributed by atoms with Gasteiger partial charge in [-0.3, -0.25) is 10.1 Å². The first-order valence-corrected chi connectivity index (χ1v) is 9.43. The molecule has 0 heterocycles. The van der Waals surface area contributed by atoms with Gasteiger partial charge in [0.2, 0.25) is 5.91 Å². The van der Waals surface area contributed by atoms with Gasteiger partial charge < -0.3 is 30.0 Å². The van der Waals surface area contributed by atoms with Gasteiger partial charge >= 0.3 is 6.09 Å². The Bertz CT molecular complexity index is 795. The Morgan fingerprint density at radius 2 is 1.50 bits per heavy atom. The van der Waals surface area contributed by atoms with Crippen molar-refractivity contribution in [2.75, 3.05) is 44.0 Å². The molecule has 1 atom stereocenters. The van der Waals surface area contributed by atoms with Crippen LogP contribution in [0.25, 0.3) is 0 Å². The summed E-state index contributed by atoms with van der Waals surface area (Å²) < 4.78 is 15.6. The Labute approximate surface area is 175 Å². The molecule has 0 saturated carbocycles. The summed E-state index contributed by atoms with van der Waals surface area (Å²) in [5.74, 6) is 1.15. The highest BCUT2D eigenvalue weighted by molar-refractivity contribution is 5.88. The van der Waals surface area contributed by atoms with Crippen LogP contribution in [0.1, 0.15) is 6.92 Å². The normalized spacial score (nSPS) is 11.3. The van der Waals surface area contributed by atoms with Gasteiger partial charge in [0.05, 0.1) is 7.11 Å². The average Bonchev–Trinajstić information content (AvgIpc) is 2.73. The third kappa shape index (κ3) is 8.80. The van der Waals surface area contributed by atoms with Crippen molar-refractivity contribution in [1.82, 2.24) is 5.32 Å². The van der Waals surface area contributed by atoms with Crippen LogP contribution in [0, 0.1) is 0 Å². The summed E-state index contributed by atoms with van der Waals surface area (Å²) in [5.41, 5.74) is 1.30. The molecule has 0 aliphatic rings. The fourth-order valence-corrected chi connectivity index (χ4v) is 2.40. The molecular formula is C21H27N3O6. The minimum Gasteiger partial charge on any atom is -0.492 e. The van der Waals surface area contributed by atoms with Crippen molar-refractivity contribution < 1.29 is 28.9 Å². The molecular weight excluding hydrogens is 390 g/mol. The van der Waals surface area contributed by atoms with Gasteiger partial charge in [-0.1, -0.05) is 0 Å². The molecule has 0 aromatic heterocycles. The SMILES string of the molecule is COC(=O)Nc1ccc(OCC(O)CNCCOc2ccc(NC(C)=O)cc2)cc1. The zero-order chi connectivity index (χ0) is 21.8. The lowest BCUT2D eigenvalue weighted by molar-refractivity contribution is -0.114. The monoisotopic (exact) mass is 417 g/mol. The molecule has 30 heavy (non-hydrogen) atoms. The average molecular weight is 417 g/mol. The molecule has 9 nitrogen and oxygen atoms in total. The third-order valence-electron chi connectivity index (χ3n) is 3.83.